The van der Waals surface area contributed by atoms with Gasteiger partial charge in [-0.2, -0.15) is 15.4 Å². The smallest absolute Gasteiger partial charge is 0.203 e. The van der Waals surface area contributed by atoms with E-state index in [1.807, 2.05) is 35.3 Å². The fourth-order valence-electron chi connectivity index (χ4n) is 3.95. The molecule has 4 aromatic rings. The standard InChI is InChI=1S/C21H24N8O/c1-28-6-5-18(13-28)30-17-4-2-3-14(8-17)11-29-12-15(10-23-29)7-16-9-19(22)24-21-20(16)25-27-26-21/h2-4,8-10,12,18H,5-7,11,13H2,1H3,(H3,22,24,25,26,27)/t18-/m1/s1. The van der Waals surface area contributed by atoms with Crippen LogP contribution >= 0.6 is 0 Å². The zero-order valence-electron chi connectivity index (χ0n) is 16.8. The summed E-state index contributed by atoms with van der Waals surface area (Å²) < 4.78 is 8.08. The second kappa shape index (κ2) is 7.75. The van der Waals surface area contributed by atoms with Crippen molar-refractivity contribution in [3.05, 3.63) is 59.4 Å². The van der Waals surface area contributed by atoms with Crippen LogP contribution < -0.4 is 10.5 Å². The summed E-state index contributed by atoms with van der Waals surface area (Å²) in [4.78, 5) is 6.48. The Morgan fingerprint density at radius 3 is 3.03 bits per heavy atom. The average Bonchev–Trinajstić information content (AvgIpc) is 3.44. The third-order valence-corrected chi connectivity index (χ3v) is 5.37. The number of benzene rings is 1. The minimum absolute atomic E-state index is 0.266. The predicted octanol–water partition coefficient (Wildman–Crippen LogP) is 1.85. The Kier molecular flexibility index (Phi) is 4.80. The first-order valence-electron chi connectivity index (χ1n) is 10.0. The lowest BCUT2D eigenvalue weighted by molar-refractivity contribution is 0.208. The molecule has 1 fully saturated rings. The van der Waals surface area contributed by atoms with Gasteiger partial charge in [-0.15, -0.1) is 5.10 Å². The quantitative estimate of drug-likeness (QED) is 0.504. The van der Waals surface area contributed by atoms with E-state index >= 15 is 0 Å². The number of nitrogens with two attached hydrogens (primary N) is 1. The number of nitrogen functional groups attached to an aromatic ring is 1. The minimum atomic E-state index is 0.266. The van der Waals surface area contributed by atoms with Gasteiger partial charge < -0.3 is 15.4 Å². The largest absolute Gasteiger partial charge is 0.489 e. The Morgan fingerprint density at radius 2 is 2.17 bits per heavy atom. The van der Waals surface area contributed by atoms with Crippen molar-refractivity contribution >= 4 is 17.0 Å². The van der Waals surface area contributed by atoms with E-state index < -0.39 is 0 Å². The molecule has 0 radical (unpaired) electrons. The number of ether oxygens (including phenoxy) is 1. The van der Waals surface area contributed by atoms with E-state index in [0.717, 1.165) is 47.5 Å². The second-order valence-electron chi connectivity index (χ2n) is 7.86. The molecular formula is C21H24N8O. The van der Waals surface area contributed by atoms with E-state index in [0.29, 0.717) is 24.4 Å². The van der Waals surface area contributed by atoms with Crippen LogP contribution in [-0.2, 0) is 13.0 Å². The van der Waals surface area contributed by atoms with Gasteiger partial charge in [0.15, 0.2) is 0 Å². The molecule has 1 aliphatic rings. The number of aromatic nitrogens is 6. The van der Waals surface area contributed by atoms with Crippen LogP contribution in [0.25, 0.3) is 11.2 Å². The molecule has 9 nitrogen and oxygen atoms in total. The number of nitrogens with one attached hydrogen (secondary N) is 1. The van der Waals surface area contributed by atoms with E-state index in [-0.39, 0.29) is 6.10 Å². The third kappa shape index (κ3) is 3.97. The predicted molar refractivity (Wildman–Crippen MR) is 113 cm³/mol. The highest BCUT2D eigenvalue weighted by molar-refractivity contribution is 5.76. The molecule has 0 aliphatic carbocycles. The molecule has 5 rings (SSSR count). The first-order chi connectivity index (χ1) is 14.6. The summed E-state index contributed by atoms with van der Waals surface area (Å²) in [6.45, 7) is 2.74. The molecule has 0 saturated carbocycles. The molecular weight excluding hydrogens is 380 g/mol. The van der Waals surface area contributed by atoms with Gasteiger partial charge in [-0.1, -0.05) is 12.1 Å². The zero-order valence-corrected chi connectivity index (χ0v) is 16.8. The van der Waals surface area contributed by atoms with E-state index in [1.54, 1.807) is 0 Å². The molecule has 1 atom stereocenters. The van der Waals surface area contributed by atoms with Gasteiger partial charge in [0.25, 0.3) is 0 Å². The number of nitrogens with zero attached hydrogens (tertiary/aromatic N) is 6. The van der Waals surface area contributed by atoms with E-state index in [4.69, 9.17) is 10.5 Å². The van der Waals surface area contributed by atoms with Gasteiger partial charge in [-0.25, -0.2) is 4.98 Å². The molecule has 154 valence electrons. The molecule has 1 aliphatic heterocycles. The summed E-state index contributed by atoms with van der Waals surface area (Å²) >= 11 is 0. The number of fused-ring (bicyclic) bond motifs is 1. The molecule has 0 amide bonds. The molecule has 3 aromatic heterocycles. The van der Waals surface area contributed by atoms with Gasteiger partial charge >= 0.3 is 0 Å². The summed E-state index contributed by atoms with van der Waals surface area (Å²) in [6.07, 6.45) is 5.91. The lowest BCUT2D eigenvalue weighted by Gasteiger charge is -2.14. The van der Waals surface area contributed by atoms with Crippen molar-refractivity contribution < 1.29 is 4.74 Å². The van der Waals surface area contributed by atoms with Gasteiger partial charge in [0, 0.05) is 25.7 Å². The first-order valence-corrected chi connectivity index (χ1v) is 10.0. The molecule has 9 heteroatoms. The van der Waals surface area contributed by atoms with Crippen molar-refractivity contribution in [1.29, 1.82) is 0 Å². The maximum Gasteiger partial charge on any atom is 0.203 e. The van der Waals surface area contributed by atoms with E-state index in [9.17, 15) is 0 Å². The number of aromatic amines is 1. The monoisotopic (exact) mass is 404 g/mol. The van der Waals surface area contributed by atoms with Crippen LogP contribution in [0, 0.1) is 0 Å². The molecule has 4 heterocycles. The van der Waals surface area contributed by atoms with Gasteiger partial charge in [0.05, 0.1) is 12.7 Å². The Balaban J connectivity index is 1.28. The fraction of sp³-hybridized carbons (Fsp3) is 0.333. The number of likely N-dealkylation sites (N-methyl/N-ethyl adjacent to an activating group) is 1. The summed E-state index contributed by atoms with van der Waals surface area (Å²) in [5.41, 5.74) is 10.4. The number of pyridine rings is 1. The number of hydrogen-bond acceptors (Lipinski definition) is 7. The Morgan fingerprint density at radius 1 is 1.23 bits per heavy atom. The van der Waals surface area contributed by atoms with Crippen LogP contribution in [0.3, 0.4) is 0 Å². The van der Waals surface area contributed by atoms with E-state index in [1.165, 1.54) is 0 Å². The molecule has 1 saturated heterocycles. The van der Waals surface area contributed by atoms with Crippen molar-refractivity contribution in [2.45, 2.75) is 25.5 Å². The molecule has 0 unspecified atom stereocenters. The number of likely N-dealkylation sites (tertiary alicyclic amines) is 1. The Hall–Kier alpha value is -3.46. The average molecular weight is 404 g/mol. The summed E-state index contributed by atoms with van der Waals surface area (Å²) in [6, 6.07) is 10.1. The highest BCUT2D eigenvalue weighted by Crippen LogP contribution is 2.21. The molecule has 1 aromatic carbocycles. The minimum Gasteiger partial charge on any atom is -0.489 e. The first kappa shape index (κ1) is 18.6. The normalized spacial score (nSPS) is 17.0. The summed E-state index contributed by atoms with van der Waals surface area (Å²) in [7, 11) is 2.13. The maximum absolute atomic E-state index is 6.15. The lowest BCUT2D eigenvalue weighted by Crippen LogP contribution is -2.21. The molecule has 3 N–H and O–H groups in total. The molecule has 0 bridgehead atoms. The highest BCUT2D eigenvalue weighted by atomic mass is 16.5. The van der Waals surface area contributed by atoms with E-state index in [2.05, 4.69) is 49.6 Å². The topological polar surface area (TPSA) is 111 Å². The molecule has 30 heavy (non-hydrogen) atoms. The highest BCUT2D eigenvalue weighted by Gasteiger charge is 2.20. The van der Waals surface area contributed by atoms with Crippen molar-refractivity contribution in [3.63, 3.8) is 0 Å². The summed E-state index contributed by atoms with van der Waals surface area (Å²) in [5.74, 6) is 1.35. The number of rotatable bonds is 6. The molecule has 0 spiro atoms. The van der Waals surface area contributed by atoms with Crippen LogP contribution in [0.15, 0.2) is 42.7 Å². The summed E-state index contributed by atoms with van der Waals surface area (Å²) in [5, 5.41) is 15.3. The van der Waals surface area contributed by atoms with Crippen LogP contribution in [0.4, 0.5) is 5.82 Å². The number of H-pyrrole nitrogens is 1. The van der Waals surface area contributed by atoms with Crippen LogP contribution in [0.2, 0.25) is 0 Å². The Labute approximate surface area is 173 Å². The van der Waals surface area contributed by atoms with Crippen molar-refractivity contribution in [2.24, 2.45) is 0 Å². The SMILES string of the molecule is CN1CC[C@@H](Oc2cccc(Cn3cc(Cc4cc(N)nc5n[nH]nc45)cn3)c2)C1. The van der Waals surface area contributed by atoms with Crippen molar-refractivity contribution in [2.75, 3.05) is 25.9 Å². The van der Waals surface area contributed by atoms with Crippen molar-refractivity contribution in [1.82, 2.24) is 35.1 Å². The number of hydrogen-bond donors (Lipinski definition) is 2. The zero-order chi connectivity index (χ0) is 20.5. The fourth-order valence-corrected chi connectivity index (χ4v) is 3.95. The third-order valence-electron chi connectivity index (χ3n) is 5.37. The maximum atomic E-state index is 6.15. The van der Waals surface area contributed by atoms with Crippen LogP contribution in [-0.4, -0.2) is 61.3 Å². The van der Waals surface area contributed by atoms with Crippen LogP contribution in [0.5, 0.6) is 5.75 Å². The van der Waals surface area contributed by atoms with Gasteiger partial charge in [0.2, 0.25) is 5.65 Å². The van der Waals surface area contributed by atoms with Gasteiger partial charge in [-0.05, 0) is 48.4 Å². The van der Waals surface area contributed by atoms with Gasteiger partial charge in [-0.3, -0.25) is 4.68 Å². The van der Waals surface area contributed by atoms with Crippen molar-refractivity contribution in [3.8, 4) is 5.75 Å². The lowest BCUT2D eigenvalue weighted by atomic mass is 10.1. The van der Waals surface area contributed by atoms with Crippen LogP contribution in [0.1, 0.15) is 23.1 Å². The number of anilines is 1. The second-order valence-corrected chi connectivity index (χ2v) is 7.86. The van der Waals surface area contributed by atoms with Gasteiger partial charge in [0.1, 0.15) is 23.2 Å². The Bertz CT molecular complexity index is 1170.